The van der Waals surface area contributed by atoms with Gasteiger partial charge in [0, 0.05) is 7.05 Å². The monoisotopic (exact) mass is 100 g/mol. The van der Waals surface area contributed by atoms with Crippen LogP contribution in [0.15, 0.2) is 5.10 Å². The third kappa shape index (κ3) is 0.640. The lowest BCUT2D eigenvalue weighted by atomic mass is 10.8. The van der Waals surface area contributed by atoms with Crippen molar-refractivity contribution >= 4 is 6.34 Å². The number of hydrogen-bond acceptors (Lipinski definition) is 4. The van der Waals surface area contributed by atoms with Crippen LogP contribution in [0.25, 0.3) is 0 Å². The lowest BCUT2D eigenvalue weighted by molar-refractivity contribution is 0.364. The summed E-state index contributed by atoms with van der Waals surface area (Å²) in [5.74, 6) is 0. The number of hydrazone groups is 1. The van der Waals surface area contributed by atoms with Crippen molar-refractivity contribution in [3.05, 3.63) is 0 Å². The Morgan fingerprint density at radius 1 is 2.00 bits per heavy atom. The minimum absolute atomic E-state index is 0.125. The minimum atomic E-state index is -0.125. The van der Waals surface area contributed by atoms with E-state index in [0.717, 1.165) is 0 Å². The molecule has 1 rings (SSSR count). The standard InChI is InChI=1S/C3H8N4/c1-7-2-5-6-3(7)4/h2-3,6H,4H2,1H3. The Labute approximate surface area is 42.0 Å². The van der Waals surface area contributed by atoms with Gasteiger partial charge in [0.1, 0.15) is 6.34 Å². The first-order valence-electron chi connectivity index (χ1n) is 2.07. The van der Waals surface area contributed by atoms with Gasteiger partial charge in [-0.15, -0.1) is 0 Å². The molecule has 0 amide bonds. The van der Waals surface area contributed by atoms with Gasteiger partial charge in [-0.1, -0.05) is 0 Å². The van der Waals surface area contributed by atoms with E-state index in [0.29, 0.717) is 0 Å². The highest BCUT2D eigenvalue weighted by atomic mass is 15.5. The predicted molar refractivity (Wildman–Crippen MR) is 27.4 cm³/mol. The van der Waals surface area contributed by atoms with Crippen molar-refractivity contribution < 1.29 is 0 Å². The average molecular weight is 100 g/mol. The summed E-state index contributed by atoms with van der Waals surface area (Å²) < 4.78 is 0. The summed E-state index contributed by atoms with van der Waals surface area (Å²) in [5.41, 5.74) is 8.01. The molecule has 1 unspecified atom stereocenters. The minimum Gasteiger partial charge on any atom is -0.331 e. The van der Waals surface area contributed by atoms with Crippen LogP contribution in [0.5, 0.6) is 0 Å². The fourth-order valence-electron chi connectivity index (χ4n) is 0.364. The Balaban J connectivity index is 2.45. The molecule has 40 valence electrons. The molecule has 1 aliphatic heterocycles. The van der Waals surface area contributed by atoms with Crippen molar-refractivity contribution in [1.29, 1.82) is 0 Å². The molecule has 0 saturated carbocycles. The highest BCUT2D eigenvalue weighted by Crippen LogP contribution is 1.85. The second-order valence-corrected chi connectivity index (χ2v) is 1.48. The summed E-state index contributed by atoms with van der Waals surface area (Å²) in [5, 5.41) is 3.67. The van der Waals surface area contributed by atoms with E-state index in [-0.39, 0.29) is 6.29 Å². The van der Waals surface area contributed by atoms with E-state index in [1.807, 2.05) is 7.05 Å². The van der Waals surface area contributed by atoms with E-state index in [9.17, 15) is 0 Å². The highest BCUT2D eigenvalue weighted by Gasteiger charge is 2.07. The Kier molecular flexibility index (Phi) is 0.867. The Hall–Kier alpha value is -0.770. The molecule has 0 aliphatic carbocycles. The van der Waals surface area contributed by atoms with Crippen LogP contribution in [0.4, 0.5) is 0 Å². The number of nitrogens with zero attached hydrogens (tertiary/aromatic N) is 2. The maximum absolute atomic E-state index is 5.37. The molecule has 0 fully saturated rings. The number of hydrogen-bond donors (Lipinski definition) is 2. The molecule has 1 atom stereocenters. The molecule has 4 heteroatoms. The van der Waals surface area contributed by atoms with E-state index in [4.69, 9.17) is 5.73 Å². The van der Waals surface area contributed by atoms with Gasteiger partial charge in [0.2, 0.25) is 0 Å². The summed E-state index contributed by atoms with van der Waals surface area (Å²) >= 11 is 0. The molecule has 3 N–H and O–H groups in total. The largest absolute Gasteiger partial charge is 0.331 e. The van der Waals surface area contributed by atoms with Gasteiger partial charge in [0.05, 0.1) is 0 Å². The van der Waals surface area contributed by atoms with E-state index in [2.05, 4.69) is 10.5 Å². The van der Waals surface area contributed by atoms with Crippen molar-refractivity contribution in [2.45, 2.75) is 6.29 Å². The van der Waals surface area contributed by atoms with Crippen LogP contribution in [0.3, 0.4) is 0 Å². The molecule has 1 aliphatic rings. The molecule has 1 heterocycles. The normalized spacial score (nSPS) is 28.3. The average Bonchev–Trinajstić information content (AvgIpc) is 1.91. The van der Waals surface area contributed by atoms with Crippen molar-refractivity contribution in [2.75, 3.05) is 7.05 Å². The Bertz CT molecular complexity index is 88.9. The molecule has 0 bridgehead atoms. The molecule has 0 aromatic rings. The summed E-state index contributed by atoms with van der Waals surface area (Å²) in [4.78, 5) is 1.78. The lowest BCUT2D eigenvalue weighted by Gasteiger charge is -2.11. The van der Waals surface area contributed by atoms with Gasteiger partial charge in [-0.25, -0.2) is 0 Å². The second kappa shape index (κ2) is 1.38. The SMILES string of the molecule is CN1C=NNC1N. The summed E-state index contributed by atoms with van der Waals surface area (Å²) in [7, 11) is 1.86. The number of nitrogens with two attached hydrogens (primary N) is 1. The van der Waals surface area contributed by atoms with E-state index in [1.165, 1.54) is 0 Å². The van der Waals surface area contributed by atoms with E-state index < -0.39 is 0 Å². The molecule has 0 saturated heterocycles. The number of nitrogens with one attached hydrogen (secondary N) is 1. The zero-order valence-electron chi connectivity index (χ0n) is 4.13. The van der Waals surface area contributed by atoms with Crippen LogP contribution in [-0.2, 0) is 0 Å². The van der Waals surface area contributed by atoms with Crippen molar-refractivity contribution in [3.63, 3.8) is 0 Å². The molecule has 0 aromatic heterocycles. The third-order valence-corrected chi connectivity index (χ3v) is 0.885. The van der Waals surface area contributed by atoms with Crippen LogP contribution in [0, 0.1) is 0 Å². The first-order chi connectivity index (χ1) is 3.30. The van der Waals surface area contributed by atoms with Gasteiger partial charge >= 0.3 is 0 Å². The molecule has 0 radical (unpaired) electrons. The van der Waals surface area contributed by atoms with Gasteiger partial charge in [-0.2, -0.15) is 5.10 Å². The third-order valence-electron chi connectivity index (χ3n) is 0.885. The lowest BCUT2D eigenvalue weighted by Crippen LogP contribution is -2.41. The Morgan fingerprint density at radius 2 is 2.71 bits per heavy atom. The quantitative estimate of drug-likeness (QED) is 0.398. The van der Waals surface area contributed by atoms with Crippen molar-refractivity contribution in [1.82, 2.24) is 10.3 Å². The van der Waals surface area contributed by atoms with Crippen molar-refractivity contribution in [2.24, 2.45) is 10.8 Å². The summed E-state index contributed by atoms with van der Waals surface area (Å²) in [6.07, 6.45) is 1.52. The van der Waals surface area contributed by atoms with Crippen LogP contribution in [-0.4, -0.2) is 24.6 Å². The van der Waals surface area contributed by atoms with Crippen LogP contribution >= 0.6 is 0 Å². The highest BCUT2D eigenvalue weighted by molar-refractivity contribution is 5.56. The number of rotatable bonds is 0. The first kappa shape index (κ1) is 4.39. The topological polar surface area (TPSA) is 53.6 Å². The first-order valence-corrected chi connectivity index (χ1v) is 2.07. The van der Waals surface area contributed by atoms with E-state index >= 15 is 0 Å². The maximum atomic E-state index is 5.37. The van der Waals surface area contributed by atoms with Gasteiger partial charge < -0.3 is 4.90 Å². The molecular weight excluding hydrogens is 92.1 g/mol. The van der Waals surface area contributed by atoms with Crippen LogP contribution in [0.2, 0.25) is 0 Å². The van der Waals surface area contributed by atoms with Gasteiger partial charge in [0.25, 0.3) is 0 Å². The zero-order chi connectivity index (χ0) is 5.28. The second-order valence-electron chi connectivity index (χ2n) is 1.48. The zero-order valence-corrected chi connectivity index (χ0v) is 4.13. The summed E-state index contributed by atoms with van der Waals surface area (Å²) in [6, 6.07) is 0. The van der Waals surface area contributed by atoms with Gasteiger partial charge in [-0.05, 0) is 0 Å². The maximum Gasteiger partial charge on any atom is 0.168 e. The van der Waals surface area contributed by atoms with Gasteiger partial charge in [0.15, 0.2) is 6.29 Å². The fourth-order valence-corrected chi connectivity index (χ4v) is 0.364. The summed E-state index contributed by atoms with van der Waals surface area (Å²) in [6.45, 7) is 0. The van der Waals surface area contributed by atoms with Crippen LogP contribution < -0.4 is 11.2 Å². The Morgan fingerprint density at radius 3 is 2.86 bits per heavy atom. The molecule has 4 nitrogen and oxygen atoms in total. The van der Waals surface area contributed by atoms with E-state index in [1.54, 1.807) is 11.2 Å². The predicted octanol–water partition coefficient (Wildman–Crippen LogP) is -1.29. The molecular formula is C3H8N4. The van der Waals surface area contributed by atoms with Crippen molar-refractivity contribution in [3.8, 4) is 0 Å². The van der Waals surface area contributed by atoms with Gasteiger partial charge in [-0.3, -0.25) is 11.2 Å². The molecule has 0 aromatic carbocycles. The molecule has 7 heavy (non-hydrogen) atoms. The smallest absolute Gasteiger partial charge is 0.168 e. The fraction of sp³-hybridized carbons (Fsp3) is 0.667. The van der Waals surface area contributed by atoms with Crippen LogP contribution in [0.1, 0.15) is 0 Å². The molecule has 0 spiro atoms.